The molecule has 1 aromatic heterocycles. The van der Waals surface area contributed by atoms with Crippen LogP contribution in [0.4, 0.5) is 5.69 Å². The monoisotopic (exact) mass is 334 g/mol. The number of alkyl halides is 1. The number of hydrogen-bond acceptors (Lipinski definition) is 3. The number of hydrogen-bond donors (Lipinski definition) is 0. The molecule has 0 spiro atoms. The molecule has 0 bridgehead atoms. The molecule has 0 aliphatic carbocycles. The molecule has 0 N–H and O–H groups in total. The molecule has 1 heterocycles. The zero-order valence-corrected chi connectivity index (χ0v) is 13.2. The van der Waals surface area contributed by atoms with Crippen LogP contribution in [0.3, 0.4) is 0 Å². The topological polar surface area (TPSA) is 27.0 Å². The summed E-state index contributed by atoms with van der Waals surface area (Å²) in [6, 6.07) is 12.6. The summed E-state index contributed by atoms with van der Waals surface area (Å²) in [5.74, 6) is 0. The van der Waals surface area contributed by atoms with Crippen LogP contribution in [0.1, 0.15) is 16.0 Å². The van der Waals surface area contributed by atoms with Crippen molar-refractivity contribution in [2.75, 3.05) is 18.5 Å². The van der Waals surface area contributed by atoms with Crippen molar-refractivity contribution < 1.29 is 0 Å². The van der Waals surface area contributed by atoms with E-state index in [0.717, 1.165) is 35.1 Å². The van der Waals surface area contributed by atoms with Crippen LogP contribution >= 0.6 is 27.3 Å². The number of rotatable bonds is 5. The van der Waals surface area contributed by atoms with Gasteiger partial charge in [-0.1, -0.05) is 28.1 Å². The molecule has 0 amide bonds. The average molecular weight is 335 g/mol. The van der Waals surface area contributed by atoms with Gasteiger partial charge in [-0.15, -0.1) is 11.3 Å². The normalized spacial score (nSPS) is 10.2. The first-order chi connectivity index (χ1) is 9.24. The van der Waals surface area contributed by atoms with Gasteiger partial charge in [-0.3, -0.25) is 0 Å². The number of halogens is 1. The van der Waals surface area contributed by atoms with Gasteiger partial charge in [-0.25, -0.2) is 0 Å². The van der Waals surface area contributed by atoms with Crippen LogP contribution in [0.2, 0.25) is 0 Å². The van der Waals surface area contributed by atoms with Crippen LogP contribution in [0.25, 0.3) is 0 Å². The quantitative estimate of drug-likeness (QED) is 0.766. The van der Waals surface area contributed by atoms with E-state index in [1.165, 1.54) is 4.88 Å². The first-order valence-corrected chi connectivity index (χ1v) is 8.07. The molecular formula is C15H15BrN2S. The lowest BCUT2D eigenvalue weighted by molar-refractivity contribution is 0.885. The summed E-state index contributed by atoms with van der Waals surface area (Å²) in [5, 5.41) is 12.1. The molecule has 0 atom stereocenters. The fraction of sp³-hybridized carbons (Fsp3) is 0.267. The molecule has 0 unspecified atom stereocenters. The molecule has 0 radical (unpaired) electrons. The molecule has 4 heteroatoms. The summed E-state index contributed by atoms with van der Waals surface area (Å²) >= 11 is 5.20. The maximum Gasteiger partial charge on any atom is 0.101 e. The SMILES string of the molecule is CN(CCc1cccs1)c1ccc(CBr)cc1C#N. The predicted molar refractivity (Wildman–Crippen MR) is 85.1 cm³/mol. The molecule has 0 aliphatic heterocycles. The molecule has 0 saturated carbocycles. The van der Waals surface area contributed by atoms with Crippen molar-refractivity contribution in [3.05, 3.63) is 51.7 Å². The van der Waals surface area contributed by atoms with E-state index in [1.54, 1.807) is 11.3 Å². The zero-order chi connectivity index (χ0) is 13.7. The molecule has 2 nitrogen and oxygen atoms in total. The molecule has 19 heavy (non-hydrogen) atoms. The molecule has 0 saturated heterocycles. The molecule has 2 rings (SSSR count). The highest BCUT2D eigenvalue weighted by molar-refractivity contribution is 9.08. The molecular weight excluding hydrogens is 320 g/mol. The second kappa shape index (κ2) is 6.74. The maximum absolute atomic E-state index is 9.25. The second-order valence-electron chi connectivity index (χ2n) is 4.35. The van der Waals surface area contributed by atoms with Crippen molar-refractivity contribution in [3.63, 3.8) is 0 Å². The molecule has 98 valence electrons. The summed E-state index contributed by atoms with van der Waals surface area (Å²) in [6.45, 7) is 0.919. The third-order valence-electron chi connectivity index (χ3n) is 3.02. The Hall–Kier alpha value is -1.31. The standard InChI is InChI=1S/C15H15BrN2S/c1-18(7-6-14-3-2-8-19-14)15-5-4-12(10-16)9-13(15)11-17/h2-5,8-9H,6-7,10H2,1H3. The number of nitriles is 1. The smallest absolute Gasteiger partial charge is 0.101 e. The minimum atomic E-state index is 0.741. The van der Waals surface area contributed by atoms with E-state index in [-0.39, 0.29) is 0 Å². The van der Waals surface area contributed by atoms with Gasteiger partial charge in [0.25, 0.3) is 0 Å². The highest BCUT2D eigenvalue weighted by Crippen LogP contribution is 2.22. The number of thiophene rings is 1. The van der Waals surface area contributed by atoms with Crippen molar-refractivity contribution in [1.82, 2.24) is 0 Å². The van der Waals surface area contributed by atoms with Gasteiger partial charge in [-0.05, 0) is 35.6 Å². The summed E-state index contributed by atoms with van der Waals surface area (Å²) in [6.07, 6.45) is 1.01. The fourth-order valence-corrected chi connectivity index (χ4v) is 2.99. The summed E-state index contributed by atoms with van der Waals surface area (Å²) < 4.78 is 0. The van der Waals surface area contributed by atoms with E-state index >= 15 is 0 Å². The Morgan fingerprint density at radius 3 is 2.84 bits per heavy atom. The van der Waals surface area contributed by atoms with Crippen LogP contribution in [0, 0.1) is 11.3 Å². The van der Waals surface area contributed by atoms with Gasteiger partial charge in [0.05, 0.1) is 11.3 Å². The Balaban J connectivity index is 2.10. The minimum absolute atomic E-state index is 0.741. The molecule has 2 aromatic rings. The van der Waals surface area contributed by atoms with Crippen LogP contribution in [-0.4, -0.2) is 13.6 Å². The lowest BCUT2D eigenvalue weighted by Crippen LogP contribution is -2.21. The van der Waals surface area contributed by atoms with Crippen molar-refractivity contribution in [2.45, 2.75) is 11.8 Å². The summed E-state index contributed by atoms with van der Waals surface area (Å²) in [4.78, 5) is 3.53. The van der Waals surface area contributed by atoms with E-state index in [9.17, 15) is 5.26 Å². The Morgan fingerprint density at radius 1 is 1.37 bits per heavy atom. The predicted octanol–water partition coefficient (Wildman–Crippen LogP) is 4.19. The van der Waals surface area contributed by atoms with Gasteiger partial charge in [0, 0.05) is 23.8 Å². The lowest BCUT2D eigenvalue weighted by Gasteiger charge is -2.20. The largest absolute Gasteiger partial charge is 0.373 e. The van der Waals surface area contributed by atoms with Crippen molar-refractivity contribution in [2.24, 2.45) is 0 Å². The highest BCUT2D eigenvalue weighted by atomic mass is 79.9. The third-order valence-corrected chi connectivity index (χ3v) is 4.60. The first kappa shape index (κ1) is 14.1. The van der Waals surface area contributed by atoms with E-state index in [0.29, 0.717) is 0 Å². The van der Waals surface area contributed by atoms with Gasteiger partial charge in [0.1, 0.15) is 6.07 Å². The number of anilines is 1. The van der Waals surface area contributed by atoms with Crippen molar-refractivity contribution in [1.29, 1.82) is 5.26 Å². The van der Waals surface area contributed by atoms with Gasteiger partial charge >= 0.3 is 0 Å². The van der Waals surface area contributed by atoms with E-state index < -0.39 is 0 Å². The third kappa shape index (κ3) is 3.59. The number of benzene rings is 1. The van der Waals surface area contributed by atoms with Gasteiger partial charge in [0.2, 0.25) is 0 Å². The van der Waals surface area contributed by atoms with Crippen LogP contribution in [0.5, 0.6) is 0 Å². The average Bonchev–Trinajstić information content (AvgIpc) is 2.97. The Kier molecular flexibility index (Phi) is 5.00. The number of likely N-dealkylation sites (N-methyl/N-ethyl adjacent to an activating group) is 1. The Labute approximate surface area is 126 Å². The second-order valence-corrected chi connectivity index (χ2v) is 5.94. The molecule has 0 fully saturated rings. The first-order valence-electron chi connectivity index (χ1n) is 6.07. The van der Waals surface area contributed by atoms with Gasteiger partial charge in [0.15, 0.2) is 0 Å². The van der Waals surface area contributed by atoms with Crippen molar-refractivity contribution >= 4 is 33.0 Å². The van der Waals surface area contributed by atoms with Crippen LogP contribution in [0.15, 0.2) is 35.7 Å². The highest BCUT2D eigenvalue weighted by Gasteiger charge is 2.08. The molecule has 0 aliphatic rings. The van der Waals surface area contributed by atoms with Crippen molar-refractivity contribution in [3.8, 4) is 6.07 Å². The maximum atomic E-state index is 9.25. The zero-order valence-electron chi connectivity index (χ0n) is 10.8. The number of nitrogens with zero attached hydrogens (tertiary/aromatic N) is 2. The summed E-state index contributed by atoms with van der Waals surface area (Å²) in [5.41, 5.74) is 2.88. The van der Waals surface area contributed by atoms with Crippen LogP contribution < -0.4 is 4.90 Å². The van der Waals surface area contributed by atoms with Gasteiger partial charge < -0.3 is 4.90 Å². The van der Waals surface area contributed by atoms with Crippen LogP contribution in [-0.2, 0) is 11.8 Å². The minimum Gasteiger partial charge on any atom is -0.373 e. The van der Waals surface area contributed by atoms with Gasteiger partial charge in [-0.2, -0.15) is 5.26 Å². The fourth-order valence-electron chi connectivity index (χ4n) is 1.94. The Morgan fingerprint density at radius 2 is 2.21 bits per heavy atom. The summed E-state index contributed by atoms with van der Waals surface area (Å²) in [7, 11) is 2.04. The van der Waals surface area contributed by atoms with E-state index in [1.807, 2.05) is 19.2 Å². The lowest BCUT2D eigenvalue weighted by atomic mass is 10.1. The van der Waals surface area contributed by atoms with E-state index in [4.69, 9.17) is 0 Å². The van der Waals surface area contributed by atoms with E-state index in [2.05, 4.69) is 50.5 Å². The molecule has 1 aromatic carbocycles. The Bertz CT molecular complexity index is 572.